The van der Waals surface area contributed by atoms with Gasteiger partial charge in [-0.2, -0.15) is 0 Å². The van der Waals surface area contributed by atoms with E-state index in [0.717, 1.165) is 25.9 Å². The lowest BCUT2D eigenvalue weighted by atomic mass is 10.1. The van der Waals surface area contributed by atoms with Gasteiger partial charge < -0.3 is 10.0 Å². The molecule has 21 heavy (non-hydrogen) atoms. The summed E-state index contributed by atoms with van der Waals surface area (Å²) in [4.78, 5) is 10.9. The summed E-state index contributed by atoms with van der Waals surface area (Å²) in [6.07, 6.45) is 6.89. The molecule has 0 amide bonds. The zero-order valence-electron chi connectivity index (χ0n) is 11.8. The van der Waals surface area contributed by atoms with Crippen molar-refractivity contribution in [2.75, 3.05) is 18.0 Å². The Bertz CT molecular complexity index is 609. The Morgan fingerprint density at radius 2 is 1.81 bits per heavy atom. The van der Waals surface area contributed by atoms with Crippen LogP contribution in [0.4, 0.5) is 10.3 Å². The van der Waals surface area contributed by atoms with Crippen molar-refractivity contribution in [3.05, 3.63) is 42.0 Å². The van der Waals surface area contributed by atoms with Crippen LogP contribution in [0.2, 0.25) is 0 Å². The van der Waals surface area contributed by atoms with Crippen molar-refractivity contribution in [2.45, 2.75) is 25.9 Å². The Morgan fingerprint density at radius 3 is 2.48 bits per heavy atom. The maximum atomic E-state index is 14.2. The van der Waals surface area contributed by atoms with E-state index in [1.165, 1.54) is 6.42 Å². The van der Waals surface area contributed by atoms with Gasteiger partial charge in [-0.3, -0.25) is 0 Å². The fraction of sp³-hybridized carbons (Fsp3) is 0.375. The average molecular weight is 287 g/mol. The van der Waals surface area contributed by atoms with Crippen LogP contribution < -0.4 is 4.90 Å². The number of hydrogen-bond acceptors (Lipinski definition) is 4. The predicted octanol–water partition coefficient (Wildman–Crippen LogP) is 2.77. The first-order valence-electron chi connectivity index (χ1n) is 7.25. The summed E-state index contributed by atoms with van der Waals surface area (Å²) in [7, 11) is 0. The Hall–Kier alpha value is -2.01. The number of halogens is 1. The van der Waals surface area contributed by atoms with Gasteiger partial charge in [-0.1, -0.05) is 18.2 Å². The third-order valence-electron chi connectivity index (χ3n) is 3.84. The molecule has 0 spiro atoms. The van der Waals surface area contributed by atoms with Gasteiger partial charge in [0.15, 0.2) is 0 Å². The molecule has 0 saturated carbocycles. The predicted molar refractivity (Wildman–Crippen MR) is 79.4 cm³/mol. The van der Waals surface area contributed by atoms with Crippen LogP contribution in [0.3, 0.4) is 0 Å². The molecule has 1 fully saturated rings. The Labute approximate surface area is 123 Å². The van der Waals surface area contributed by atoms with Crippen LogP contribution in [0.5, 0.6) is 0 Å². The monoisotopic (exact) mass is 287 g/mol. The number of nitrogens with zero attached hydrogens (tertiary/aromatic N) is 3. The maximum absolute atomic E-state index is 14.2. The number of anilines is 1. The first-order chi connectivity index (χ1) is 10.3. The number of aliphatic hydroxyl groups excluding tert-OH is 1. The lowest BCUT2D eigenvalue weighted by molar-refractivity contribution is 0.276. The van der Waals surface area contributed by atoms with Crippen LogP contribution in [0, 0.1) is 5.82 Å². The van der Waals surface area contributed by atoms with Crippen LogP contribution in [0.25, 0.3) is 11.1 Å². The molecule has 2 heterocycles. The van der Waals surface area contributed by atoms with Crippen molar-refractivity contribution >= 4 is 5.95 Å². The number of rotatable bonds is 3. The minimum absolute atomic E-state index is 0.285. The molecular formula is C16H18FN3O. The highest BCUT2D eigenvalue weighted by Gasteiger charge is 2.14. The highest BCUT2D eigenvalue weighted by atomic mass is 19.1. The Morgan fingerprint density at radius 1 is 1.10 bits per heavy atom. The van der Waals surface area contributed by atoms with E-state index in [2.05, 4.69) is 14.9 Å². The molecule has 110 valence electrons. The third kappa shape index (κ3) is 2.88. The molecule has 1 N–H and O–H groups in total. The van der Waals surface area contributed by atoms with Gasteiger partial charge in [-0.25, -0.2) is 14.4 Å². The van der Waals surface area contributed by atoms with E-state index in [-0.39, 0.29) is 12.2 Å². The highest BCUT2D eigenvalue weighted by Crippen LogP contribution is 2.25. The molecule has 1 aliphatic heterocycles. The molecule has 1 aliphatic rings. The molecule has 3 rings (SSSR count). The summed E-state index contributed by atoms with van der Waals surface area (Å²) in [5.74, 6) is 0.298. The van der Waals surface area contributed by atoms with E-state index >= 15 is 0 Å². The summed E-state index contributed by atoms with van der Waals surface area (Å²) >= 11 is 0. The molecule has 1 aromatic heterocycles. The fourth-order valence-corrected chi connectivity index (χ4v) is 2.64. The minimum Gasteiger partial charge on any atom is -0.392 e. The fourth-order valence-electron chi connectivity index (χ4n) is 2.64. The molecule has 1 saturated heterocycles. The SMILES string of the molecule is OCc1cccc(-c2cnc(N3CCCCC3)nc2)c1F. The van der Waals surface area contributed by atoms with Crippen LogP contribution in [0.1, 0.15) is 24.8 Å². The molecule has 0 unspecified atom stereocenters. The normalized spacial score (nSPS) is 15.2. The summed E-state index contributed by atoms with van der Waals surface area (Å²) < 4.78 is 14.2. The van der Waals surface area contributed by atoms with Crippen LogP contribution in [-0.2, 0) is 6.61 Å². The summed E-state index contributed by atoms with van der Waals surface area (Å²) in [6, 6.07) is 4.97. The average Bonchev–Trinajstić information content (AvgIpc) is 2.56. The lowest BCUT2D eigenvalue weighted by Crippen LogP contribution is -2.30. The second-order valence-corrected chi connectivity index (χ2v) is 5.26. The second-order valence-electron chi connectivity index (χ2n) is 5.26. The van der Waals surface area contributed by atoms with Gasteiger partial charge in [0, 0.05) is 42.2 Å². The van der Waals surface area contributed by atoms with E-state index < -0.39 is 5.82 Å². The molecule has 2 aromatic rings. The summed E-state index contributed by atoms with van der Waals surface area (Å²) in [6.45, 7) is 1.65. The lowest BCUT2D eigenvalue weighted by Gasteiger charge is -2.26. The van der Waals surface area contributed by atoms with Gasteiger partial charge in [-0.05, 0) is 19.3 Å². The Kier molecular flexibility index (Phi) is 4.10. The van der Waals surface area contributed by atoms with Crippen molar-refractivity contribution < 1.29 is 9.50 Å². The second kappa shape index (κ2) is 6.18. The van der Waals surface area contributed by atoms with Crippen LogP contribution >= 0.6 is 0 Å². The molecule has 1 aromatic carbocycles. The van der Waals surface area contributed by atoms with E-state index in [9.17, 15) is 4.39 Å². The van der Waals surface area contributed by atoms with E-state index in [1.807, 2.05) is 0 Å². The molecule has 0 atom stereocenters. The molecule has 0 aliphatic carbocycles. The number of piperidine rings is 1. The largest absolute Gasteiger partial charge is 0.392 e. The molecule has 0 bridgehead atoms. The minimum atomic E-state index is -0.408. The van der Waals surface area contributed by atoms with Crippen molar-refractivity contribution in [3.63, 3.8) is 0 Å². The van der Waals surface area contributed by atoms with E-state index in [0.29, 0.717) is 17.1 Å². The Balaban J connectivity index is 1.87. The molecule has 0 radical (unpaired) electrons. The van der Waals surface area contributed by atoms with Crippen LogP contribution in [-0.4, -0.2) is 28.2 Å². The van der Waals surface area contributed by atoms with E-state index in [1.54, 1.807) is 30.6 Å². The van der Waals surface area contributed by atoms with Crippen molar-refractivity contribution in [3.8, 4) is 11.1 Å². The smallest absolute Gasteiger partial charge is 0.225 e. The van der Waals surface area contributed by atoms with Gasteiger partial charge >= 0.3 is 0 Å². The first-order valence-corrected chi connectivity index (χ1v) is 7.25. The van der Waals surface area contributed by atoms with Gasteiger partial charge in [0.05, 0.1) is 6.61 Å². The van der Waals surface area contributed by atoms with Gasteiger partial charge in [0.1, 0.15) is 5.82 Å². The number of benzene rings is 1. The first kappa shape index (κ1) is 13.9. The maximum Gasteiger partial charge on any atom is 0.225 e. The van der Waals surface area contributed by atoms with Crippen molar-refractivity contribution in [1.82, 2.24) is 9.97 Å². The van der Waals surface area contributed by atoms with E-state index in [4.69, 9.17) is 5.11 Å². The third-order valence-corrected chi connectivity index (χ3v) is 3.84. The topological polar surface area (TPSA) is 49.3 Å². The van der Waals surface area contributed by atoms with Gasteiger partial charge in [-0.15, -0.1) is 0 Å². The van der Waals surface area contributed by atoms with Gasteiger partial charge in [0.25, 0.3) is 0 Å². The van der Waals surface area contributed by atoms with Crippen molar-refractivity contribution in [1.29, 1.82) is 0 Å². The molecule has 4 nitrogen and oxygen atoms in total. The quantitative estimate of drug-likeness (QED) is 0.943. The number of aromatic nitrogens is 2. The van der Waals surface area contributed by atoms with Crippen LogP contribution in [0.15, 0.2) is 30.6 Å². The summed E-state index contributed by atoms with van der Waals surface area (Å²) in [5.41, 5.74) is 1.34. The zero-order chi connectivity index (χ0) is 14.7. The number of hydrogen-bond donors (Lipinski definition) is 1. The highest BCUT2D eigenvalue weighted by molar-refractivity contribution is 5.63. The summed E-state index contributed by atoms with van der Waals surface area (Å²) in [5, 5.41) is 9.13. The zero-order valence-corrected chi connectivity index (χ0v) is 11.8. The molecular weight excluding hydrogens is 269 g/mol. The van der Waals surface area contributed by atoms with Crippen molar-refractivity contribution in [2.24, 2.45) is 0 Å². The molecule has 5 heteroatoms. The standard InChI is InChI=1S/C16H18FN3O/c17-15-12(11-21)5-4-6-14(15)13-9-18-16(19-10-13)20-7-2-1-3-8-20/h4-6,9-10,21H,1-3,7-8,11H2. The number of aliphatic hydroxyl groups is 1. The van der Waals surface area contributed by atoms with Gasteiger partial charge in [0.2, 0.25) is 5.95 Å².